The number of piperidine rings is 1. The van der Waals surface area contributed by atoms with E-state index in [1.165, 1.54) is 12.5 Å². The van der Waals surface area contributed by atoms with Crippen LogP contribution in [-0.2, 0) is 0 Å². The molecule has 2 aromatic carbocycles. The Morgan fingerprint density at radius 1 is 1.04 bits per heavy atom. The van der Waals surface area contributed by atoms with Gasteiger partial charge in [-0.2, -0.15) is 0 Å². The quantitative estimate of drug-likeness (QED) is 0.689. The Morgan fingerprint density at radius 3 is 2.57 bits per heavy atom. The van der Waals surface area contributed by atoms with E-state index >= 15 is 0 Å². The predicted molar refractivity (Wildman–Crippen MR) is 107 cm³/mol. The number of carbonyl (C=O) groups excluding carboxylic acids is 1. The summed E-state index contributed by atoms with van der Waals surface area (Å²) < 4.78 is 27.0. The summed E-state index contributed by atoms with van der Waals surface area (Å²) in [7, 11) is 0. The van der Waals surface area contributed by atoms with Crippen molar-refractivity contribution in [3.63, 3.8) is 0 Å². The Labute approximate surface area is 162 Å². The Balaban J connectivity index is 1.74. The van der Waals surface area contributed by atoms with Crippen LogP contribution in [-0.4, -0.2) is 24.0 Å². The molecule has 1 fully saturated rings. The van der Waals surface area contributed by atoms with Gasteiger partial charge >= 0.3 is 0 Å². The van der Waals surface area contributed by atoms with Gasteiger partial charge in [0.1, 0.15) is 17.3 Å². The van der Waals surface area contributed by atoms with Crippen LogP contribution in [0.1, 0.15) is 35.3 Å². The van der Waals surface area contributed by atoms with Crippen molar-refractivity contribution in [3.8, 4) is 0 Å². The highest BCUT2D eigenvalue weighted by molar-refractivity contribution is 6.06. The van der Waals surface area contributed by atoms with Gasteiger partial charge in [0.05, 0.1) is 11.2 Å². The molecule has 0 aliphatic carbocycles. The highest BCUT2D eigenvalue weighted by atomic mass is 19.1. The number of pyridine rings is 1. The number of aromatic nitrogens is 1. The van der Waals surface area contributed by atoms with Gasteiger partial charge in [0.25, 0.3) is 5.91 Å². The molecule has 1 aromatic heterocycles. The van der Waals surface area contributed by atoms with E-state index in [1.807, 2.05) is 19.1 Å². The first-order valence-electron chi connectivity index (χ1n) is 9.44. The summed E-state index contributed by atoms with van der Waals surface area (Å²) in [5, 5.41) is 3.50. The summed E-state index contributed by atoms with van der Waals surface area (Å²) >= 11 is 0. The van der Waals surface area contributed by atoms with Crippen molar-refractivity contribution in [2.75, 3.05) is 23.3 Å². The van der Waals surface area contributed by atoms with E-state index in [2.05, 4.69) is 21.3 Å². The highest BCUT2D eigenvalue weighted by Gasteiger charge is 2.19. The van der Waals surface area contributed by atoms with Crippen molar-refractivity contribution < 1.29 is 13.6 Å². The molecule has 0 atom stereocenters. The van der Waals surface area contributed by atoms with Crippen molar-refractivity contribution in [2.24, 2.45) is 0 Å². The maximum absolute atomic E-state index is 13.9. The molecule has 1 aliphatic rings. The molecule has 0 spiro atoms. The van der Waals surface area contributed by atoms with E-state index in [-0.39, 0.29) is 11.4 Å². The molecule has 2 heterocycles. The first-order valence-corrected chi connectivity index (χ1v) is 9.44. The van der Waals surface area contributed by atoms with Crippen molar-refractivity contribution in [1.82, 2.24) is 4.98 Å². The molecular formula is C22H21F2N3O. The number of hydrogen-bond acceptors (Lipinski definition) is 3. The number of rotatable bonds is 3. The minimum Gasteiger partial charge on any atom is -0.371 e. The Morgan fingerprint density at radius 2 is 1.82 bits per heavy atom. The number of nitrogens with zero attached hydrogens (tertiary/aromatic N) is 2. The topological polar surface area (TPSA) is 45.2 Å². The molecule has 1 amide bonds. The van der Waals surface area contributed by atoms with Gasteiger partial charge in [0.2, 0.25) is 0 Å². The highest BCUT2D eigenvalue weighted by Crippen LogP contribution is 2.30. The standard InChI is InChI=1S/C22H21F2N3O/c1-14-5-7-18-16(11-14)21(27-9-3-2-4-10-27)13-20(25-18)22(28)26-19-8-6-15(23)12-17(19)24/h5-8,11-13H,2-4,9-10H2,1H3,(H,26,28). The summed E-state index contributed by atoms with van der Waals surface area (Å²) in [4.78, 5) is 19.5. The summed E-state index contributed by atoms with van der Waals surface area (Å²) in [5.41, 5.74) is 2.95. The number of benzene rings is 2. The lowest BCUT2D eigenvalue weighted by atomic mass is 10.1. The predicted octanol–water partition coefficient (Wildman–Crippen LogP) is 5.06. The van der Waals surface area contributed by atoms with Crippen molar-refractivity contribution in [2.45, 2.75) is 26.2 Å². The normalized spacial score (nSPS) is 14.3. The number of fused-ring (bicyclic) bond motifs is 1. The molecule has 28 heavy (non-hydrogen) atoms. The SMILES string of the molecule is Cc1ccc2nc(C(=O)Nc3ccc(F)cc3F)cc(N3CCCCC3)c2c1. The van der Waals surface area contributed by atoms with Crippen LogP contribution in [0.3, 0.4) is 0 Å². The third kappa shape index (κ3) is 3.67. The average molecular weight is 381 g/mol. The maximum atomic E-state index is 13.9. The largest absolute Gasteiger partial charge is 0.371 e. The Bertz CT molecular complexity index is 1050. The van der Waals surface area contributed by atoms with E-state index in [4.69, 9.17) is 0 Å². The molecule has 1 N–H and O–H groups in total. The number of nitrogens with one attached hydrogen (secondary N) is 1. The molecule has 4 nitrogen and oxygen atoms in total. The number of carbonyl (C=O) groups is 1. The number of halogens is 2. The molecule has 0 unspecified atom stereocenters. The van der Waals surface area contributed by atoms with Crippen molar-refractivity contribution in [3.05, 3.63) is 65.4 Å². The molecule has 144 valence electrons. The maximum Gasteiger partial charge on any atom is 0.274 e. The van der Waals surface area contributed by atoms with Crippen LogP contribution in [0, 0.1) is 18.6 Å². The lowest BCUT2D eigenvalue weighted by Gasteiger charge is -2.30. The third-order valence-electron chi connectivity index (χ3n) is 5.05. The van der Waals surface area contributed by atoms with Crippen LogP contribution >= 0.6 is 0 Å². The minimum absolute atomic E-state index is 0.0725. The number of amides is 1. The van der Waals surface area contributed by atoms with Crippen LogP contribution in [0.5, 0.6) is 0 Å². The average Bonchev–Trinajstić information content (AvgIpc) is 2.70. The molecule has 1 aliphatic heterocycles. The van der Waals surface area contributed by atoms with Gasteiger partial charge in [-0.15, -0.1) is 0 Å². The van der Waals surface area contributed by atoms with Gasteiger partial charge in [-0.3, -0.25) is 4.79 Å². The zero-order valence-electron chi connectivity index (χ0n) is 15.6. The minimum atomic E-state index is -0.819. The second kappa shape index (κ2) is 7.54. The zero-order chi connectivity index (χ0) is 19.7. The van der Waals surface area contributed by atoms with Gasteiger partial charge in [-0.25, -0.2) is 13.8 Å². The fourth-order valence-electron chi connectivity index (χ4n) is 3.61. The third-order valence-corrected chi connectivity index (χ3v) is 5.05. The summed E-state index contributed by atoms with van der Waals surface area (Å²) in [6.45, 7) is 3.89. The summed E-state index contributed by atoms with van der Waals surface area (Å²) in [6, 6.07) is 10.7. The van der Waals surface area contributed by atoms with Crippen LogP contribution in [0.2, 0.25) is 0 Å². The Hall–Kier alpha value is -3.02. The number of anilines is 2. The molecule has 0 radical (unpaired) electrons. The number of hydrogen-bond donors (Lipinski definition) is 1. The van der Waals surface area contributed by atoms with E-state index in [0.29, 0.717) is 0 Å². The monoisotopic (exact) mass is 381 g/mol. The van der Waals surface area contributed by atoms with E-state index < -0.39 is 17.5 Å². The van der Waals surface area contributed by atoms with E-state index in [9.17, 15) is 13.6 Å². The molecule has 0 saturated carbocycles. The lowest BCUT2D eigenvalue weighted by Crippen LogP contribution is -2.30. The van der Waals surface area contributed by atoms with Crippen LogP contribution < -0.4 is 10.2 Å². The van der Waals surface area contributed by atoms with Crippen LogP contribution in [0.15, 0.2) is 42.5 Å². The molecular weight excluding hydrogens is 360 g/mol. The fraction of sp³-hybridized carbons (Fsp3) is 0.273. The van der Waals surface area contributed by atoms with Crippen LogP contribution in [0.25, 0.3) is 10.9 Å². The van der Waals surface area contributed by atoms with E-state index in [1.54, 1.807) is 6.07 Å². The van der Waals surface area contributed by atoms with Crippen molar-refractivity contribution >= 4 is 28.2 Å². The second-order valence-electron chi connectivity index (χ2n) is 7.17. The molecule has 6 heteroatoms. The summed E-state index contributed by atoms with van der Waals surface area (Å²) in [6.07, 6.45) is 3.42. The van der Waals surface area contributed by atoms with E-state index in [0.717, 1.165) is 60.2 Å². The van der Waals surface area contributed by atoms with Crippen LogP contribution in [0.4, 0.5) is 20.2 Å². The fourth-order valence-corrected chi connectivity index (χ4v) is 3.61. The van der Waals surface area contributed by atoms with Gasteiger partial charge in [0, 0.05) is 30.2 Å². The molecule has 4 rings (SSSR count). The first-order chi connectivity index (χ1) is 13.5. The van der Waals surface area contributed by atoms with Gasteiger partial charge in [-0.1, -0.05) is 11.6 Å². The second-order valence-corrected chi connectivity index (χ2v) is 7.17. The number of aryl methyl sites for hydroxylation is 1. The molecule has 1 saturated heterocycles. The smallest absolute Gasteiger partial charge is 0.274 e. The zero-order valence-corrected chi connectivity index (χ0v) is 15.6. The van der Waals surface area contributed by atoms with Gasteiger partial charge in [0.15, 0.2) is 0 Å². The molecule has 0 bridgehead atoms. The summed E-state index contributed by atoms with van der Waals surface area (Å²) in [5.74, 6) is -2.03. The van der Waals surface area contributed by atoms with Gasteiger partial charge in [-0.05, 0) is 56.5 Å². The Kier molecular flexibility index (Phi) is 4.94. The van der Waals surface area contributed by atoms with Gasteiger partial charge < -0.3 is 10.2 Å². The molecule has 3 aromatic rings. The van der Waals surface area contributed by atoms with Crippen molar-refractivity contribution in [1.29, 1.82) is 0 Å². The first kappa shape index (κ1) is 18.3. The lowest BCUT2D eigenvalue weighted by molar-refractivity contribution is 0.102.